The average molecular weight is 220 g/mol. The third-order valence-electron chi connectivity index (χ3n) is 3.62. The highest BCUT2D eigenvalue weighted by molar-refractivity contribution is 5.41. The second kappa shape index (κ2) is 4.88. The van der Waals surface area contributed by atoms with Crippen molar-refractivity contribution < 1.29 is 9.84 Å². The number of para-hydroxylation sites is 1. The van der Waals surface area contributed by atoms with Gasteiger partial charge < -0.3 is 9.84 Å². The SMILES string of the molecule is CCCC1(CCO)CCOc2ccccc21. The molecule has 0 aromatic heterocycles. The minimum absolute atomic E-state index is 0.137. The van der Waals surface area contributed by atoms with Gasteiger partial charge >= 0.3 is 0 Å². The largest absolute Gasteiger partial charge is 0.493 e. The molecule has 1 heterocycles. The Morgan fingerprint density at radius 3 is 2.88 bits per heavy atom. The Morgan fingerprint density at radius 2 is 2.12 bits per heavy atom. The van der Waals surface area contributed by atoms with E-state index in [-0.39, 0.29) is 12.0 Å². The molecule has 1 atom stereocenters. The van der Waals surface area contributed by atoms with E-state index in [2.05, 4.69) is 19.1 Å². The van der Waals surface area contributed by atoms with Crippen molar-refractivity contribution in [1.82, 2.24) is 0 Å². The van der Waals surface area contributed by atoms with Crippen LogP contribution in [0.15, 0.2) is 24.3 Å². The van der Waals surface area contributed by atoms with Crippen molar-refractivity contribution in [2.75, 3.05) is 13.2 Å². The van der Waals surface area contributed by atoms with Crippen LogP contribution in [0.5, 0.6) is 5.75 Å². The van der Waals surface area contributed by atoms with Crippen LogP contribution >= 0.6 is 0 Å². The highest BCUT2D eigenvalue weighted by Gasteiger charge is 2.36. The van der Waals surface area contributed by atoms with E-state index in [1.165, 1.54) is 5.56 Å². The van der Waals surface area contributed by atoms with Gasteiger partial charge in [0.1, 0.15) is 5.75 Å². The predicted octanol–water partition coefficient (Wildman–Crippen LogP) is 2.89. The summed E-state index contributed by atoms with van der Waals surface area (Å²) in [7, 11) is 0. The quantitative estimate of drug-likeness (QED) is 0.845. The van der Waals surface area contributed by atoms with E-state index in [4.69, 9.17) is 4.74 Å². The smallest absolute Gasteiger partial charge is 0.123 e. The lowest BCUT2D eigenvalue weighted by Crippen LogP contribution is -2.33. The summed E-state index contributed by atoms with van der Waals surface area (Å²) in [5, 5.41) is 9.30. The van der Waals surface area contributed by atoms with Crippen LogP contribution in [0, 0.1) is 0 Å². The van der Waals surface area contributed by atoms with Crippen molar-refractivity contribution in [3.8, 4) is 5.75 Å². The van der Waals surface area contributed by atoms with E-state index in [9.17, 15) is 5.11 Å². The molecule has 1 unspecified atom stereocenters. The molecule has 1 aliphatic rings. The number of ether oxygens (including phenoxy) is 1. The summed E-state index contributed by atoms with van der Waals surface area (Å²) >= 11 is 0. The van der Waals surface area contributed by atoms with Gasteiger partial charge in [-0.25, -0.2) is 0 Å². The highest BCUT2D eigenvalue weighted by atomic mass is 16.5. The van der Waals surface area contributed by atoms with Gasteiger partial charge in [-0.15, -0.1) is 0 Å². The van der Waals surface area contributed by atoms with Gasteiger partial charge in [-0.05, 0) is 25.3 Å². The van der Waals surface area contributed by atoms with Crippen molar-refractivity contribution in [1.29, 1.82) is 0 Å². The van der Waals surface area contributed by atoms with Gasteiger partial charge in [0.2, 0.25) is 0 Å². The number of hydrogen-bond acceptors (Lipinski definition) is 2. The van der Waals surface area contributed by atoms with Crippen LogP contribution in [0.2, 0.25) is 0 Å². The van der Waals surface area contributed by atoms with Crippen molar-refractivity contribution in [3.05, 3.63) is 29.8 Å². The molecule has 1 aliphatic heterocycles. The van der Waals surface area contributed by atoms with E-state index in [1.807, 2.05) is 12.1 Å². The molecule has 88 valence electrons. The van der Waals surface area contributed by atoms with Gasteiger partial charge in [0.15, 0.2) is 0 Å². The molecule has 1 aromatic carbocycles. The summed E-state index contributed by atoms with van der Waals surface area (Å²) in [6.45, 7) is 3.24. The van der Waals surface area contributed by atoms with Crippen LogP contribution in [0.25, 0.3) is 0 Å². The Balaban J connectivity index is 2.39. The van der Waals surface area contributed by atoms with Crippen molar-refractivity contribution in [2.24, 2.45) is 0 Å². The summed E-state index contributed by atoms with van der Waals surface area (Å²) in [5.74, 6) is 1.01. The standard InChI is InChI=1S/C14H20O2/c1-2-7-14(8-10-15)9-11-16-13-6-4-3-5-12(13)14/h3-6,15H,2,7-11H2,1H3. The van der Waals surface area contributed by atoms with E-state index >= 15 is 0 Å². The Hall–Kier alpha value is -1.02. The van der Waals surface area contributed by atoms with Gasteiger partial charge in [-0.3, -0.25) is 0 Å². The van der Waals surface area contributed by atoms with Gasteiger partial charge in [0.05, 0.1) is 6.61 Å². The first kappa shape index (κ1) is 11.5. The Bertz CT molecular complexity index is 340. The van der Waals surface area contributed by atoms with E-state index in [0.717, 1.165) is 38.0 Å². The van der Waals surface area contributed by atoms with Crippen LogP contribution in [-0.4, -0.2) is 18.3 Å². The molecule has 0 bridgehead atoms. The summed E-state index contributed by atoms with van der Waals surface area (Å²) in [4.78, 5) is 0. The van der Waals surface area contributed by atoms with Gasteiger partial charge in [-0.1, -0.05) is 31.5 Å². The molecule has 2 rings (SSSR count). The molecule has 0 radical (unpaired) electrons. The fraction of sp³-hybridized carbons (Fsp3) is 0.571. The number of benzene rings is 1. The predicted molar refractivity (Wildman–Crippen MR) is 64.8 cm³/mol. The molecular formula is C14H20O2. The zero-order valence-corrected chi connectivity index (χ0v) is 9.91. The van der Waals surface area contributed by atoms with Crippen LogP contribution < -0.4 is 4.74 Å². The summed E-state index contributed by atoms with van der Waals surface area (Å²) < 4.78 is 5.69. The fourth-order valence-corrected chi connectivity index (χ4v) is 2.86. The second-order valence-electron chi connectivity index (χ2n) is 4.60. The summed E-state index contributed by atoms with van der Waals surface area (Å²) in [6, 6.07) is 8.27. The van der Waals surface area contributed by atoms with Gasteiger partial charge in [0, 0.05) is 17.6 Å². The first-order chi connectivity index (χ1) is 7.82. The number of fused-ring (bicyclic) bond motifs is 1. The Kier molecular flexibility index (Phi) is 3.49. The minimum Gasteiger partial charge on any atom is -0.493 e. The van der Waals surface area contributed by atoms with Crippen LogP contribution in [0.3, 0.4) is 0 Å². The van der Waals surface area contributed by atoms with Crippen LogP contribution in [0.1, 0.15) is 38.2 Å². The number of hydrogen-bond donors (Lipinski definition) is 1. The normalized spacial score (nSPS) is 23.6. The fourth-order valence-electron chi connectivity index (χ4n) is 2.86. The molecule has 2 nitrogen and oxygen atoms in total. The minimum atomic E-state index is 0.137. The Labute approximate surface area is 97.3 Å². The molecule has 2 heteroatoms. The molecule has 0 aliphatic carbocycles. The van der Waals surface area contributed by atoms with E-state index < -0.39 is 0 Å². The summed E-state index contributed by atoms with van der Waals surface area (Å²) in [6.07, 6.45) is 4.15. The maximum absolute atomic E-state index is 9.30. The molecule has 1 aromatic rings. The topological polar surface area (TPSA) is 29.5 Å². The Morgan fingerprint density at radius 1 is 1.31 bits per heavy atom. The molecule has 0 amide bonds. The third-order valence-corrected chi connectivity index (χ3v) is 3.62. The van der Waals surface area contributed by atoms with Crippen molar-refractivity contribution in [3.63, 3.8) is 0 Å². The van der Waals surface area contributed by atoms with Crippen LogP contribution in [-0.2, 0) is 5.41 Å². The number of aliphatic hydroxyl groups excluding tert-OH is 1. The van der Waals surface area contributed by atoms with E-state index in [1.54, 1.807) is 0 Å². The zero-order valence-electron chi connectivity index (χ0n) is 9.91. The lowest BCUT2D eigenvalue weighted by molar-refractivity contribution is 0.162. The highest BCUT2D eigenvalue weighted by Crippen LogP contribution is 2.44. The molecule has 0 saturated heterocycles. The van der Waals surface area contributed by atoms with Crippen LogP contribution in [0.4, 0.5) is 0 Å². The number of aliphatic hydroxyl groups is 1. The molecule has 0 fully saturated rings. The molecule has 0 saturated carbocycles. The maximum Gasteiger partial charge on any atom is 0.123 e. The zero-order chi connectivity index (χ0) is 11.4. The summed E-state index contributed by atoms with van der Waals surface area (Å²) in [5.41, 5.74) is 1.43. The van der Waals surface area contributed by atoms with Gasteiger partial charge in [-0.2, -0.15) is 0 Å². The third kappa shape index (κ3) is 1.94. The van der Waals surface area contributed by atoms with Gasteiger partial charge in [0.25, 0.3) is 0 Å². The van der Waals surface area contributed by atoms with Crippen molar-refractivity contribution in [2.45, 2.75) is 38.0 Å². The monoisotopic (exact) mass is 220 g/mol. The lowest BCUT2D eigenvalue weighted by Gasteiger charge is -2.38. The maximum atomic E-state index is 9.30. The second-order valence-corrected chi connectivity index (χ2v) is 4.60. The first-order valence-corrected chi connectivity index (χ1v) is 6.15. The molecule has 16 heavy (non-hydrogen) atoms. The lowest BCUT2D eigenvalue weighted by atomic mass is 9.70. The number of rotatable bonds is 4. The first-order valence-electron chi connectivity index (χ1n) is 6.15. The molecule has 1 N–H and O–H groups in total. The van der Waals surface area contributed by atoms with E-state index in [0.29, 0.717) is 0 Å². The van der Waals surface area contributed by atoms with Crippen molar-refractivity contribution >= 4 is 0 Å². The molecule has 0 spiro atoms. The average Bonchev–Trinajstić information content (AvgIpc) is 2.30. The molecular weight excluding hydrogens is 200 g/mol.